The number of rotatable bonds is 3. The Morgan fingerprint density at radius 3 is 2.64 bits per heavy atom. The lowest BCUT2D eigenvalue weighted by molar-refractivity contribution is -0.139. The topological polar surface area (TPSA) is 40.5 Å². The molecule has 1 aliphatic rings. The van der Waals surface area contributed by atoms with Crippen LogP contribution in [0.15, 0.2) is 0 Å². The maximum atomic E-state index is 10.6. The molecule has 0 aliphatic heterocycles. The normalized spacial score (nSPS) is 33.3. The van der Waals surface area contributed by atoms with Gasteiger partial charge in [0.1, 0.15) is 0 Å². The molecule has 0 radical (unpaired) electrons. The van der Waals surface area contributed by atoms with Crippen molar-refractivity contribution in [2.24, 2.45) is 11.8 Å². The second-order valence-corrected chi connectivity index (χ2v) is 4.77. The van der Waals surface area contributed by atoms with Crippen molar-refractivity contribution < 1.29 is 9.90 Å². The monoisotopic (exact) mass is 199 g/mol. The highest BCUT2D eigenvalue weighted by Crippen LogP contribution is 2.31. The van der Waals surface area contributed by atoms with Crippen LogP contribution in [0.2, 0.25) is 0 Å². The molecule has 0 aromatic heterocycles. The predicted octanol–water partition coefficient (Wildman–Crippen LogP) is 1.83. The van der Waals surface area contributed by atoms with Crippen molar-refractivity contribution in [3.63, 3.8) is 0 Å². The molecule has 1 N–H and O–H groups in total. The van der Waals surface area contributed by atoms with Crippen molar-refractivity contribution in [1.29, 1.82) is 0 Å². The first-order valence-corrected chi connectivity index (χ1v) is 5.42. The lowest BCUT2D eigenvalue weighted by atomic mass is 9.79. The van der Waals surface area contributed by atoms with E-state index in [1.807, 2.05) is 11.9 Å². The number of carboxylic acid groups (broad SMARTS) is 1. The van der Waals surface area contributed by atoms with Crippen LogP contribution < -0.4 is 0 Å². The van der Waals surface area contributed by atoms with Gasteiger partial charge >= 0.3 is 5.97 Å². The van der Waals surface area contributed by atoms with Crippen LogP contribution in [-0.2, 0) is 4.79 Å². The fourth-order valence-corrected chi connectivity index (χ4v) is 2.45. The third kappa shape index (κ3) is 2.98. The van der Waals surface area contributed by atoms with Crippen molar-refractivity contribution in [3.05, 3.63) is 0 Å². The molecular formula is C11H21NO2. The third-order valence-electron chi connectivity index (χ3n) is 3.37. The molecule has 82 valence electrons. The van der Waals surface area contributed by atoms with E-state index in [2.05, 4.69) is 13.8 Å². The summed E-state index contributed by atoms with van der Waals surface area (Å²) >= 11 is 0. The second-order valence-electron chi connectivity index (χ2n) is 4.77. The van der Waals surface area contributed by atoms with Gasteiger partial charge in [-0.2, -0.15) is 0 Å². The Hall–Kier alpha value is -0.570. The Morgan fingerprint density at radius 1 is 1.43 bits per heavy atom. The summed E-state index contributed by atoms with van der Waals surface area (Å²) in [6.07, 6.45) is 3.67. The summed E-state index contributed by atoms with van der Waals surface area (Å²) in [5, 5.41) is 8.73. The quantitative estimate of drug-likeness (QED) is 0.754. The molecule has 1 saturated carbocycles. The van der Waals surface area contributed by atoms with Crippen LogP contribution in [0.4, 0.5) is 0 Å². The van der Waals surface area contributed by atoms with E-state index in [0.717, 1.165) is 12.3 Å². The van der Waals surface area contributed by atoms with Crippen LogP contribution in [0.1, 0.15) is 33.1 Å². The van der Waals surface area contributed by atoms with Crippen LogP contribution in [0, 0.1) is 11.8 Å². The zero-order valence-corrected chi connectivity index (χ0v) is 9.36. The van der Waals surface area contributed by atoms with Gasteiger partial charge in [-0.15, -0.1) is 0 Å². The van der Waals surface area contributed by atoms with E-state index in [9.17, 15) is 4.79 Å². The molecule has 3 unspecified atom stereocenters. The average Bonchev–Trinajstić information content (AvgIpc) is 2.08. The Morgan fingerprint density at radius 2 is 2.07 bits per heavy atom. The zero-order chi connectivity index (χ0) is 10.7. The Labute approximate surface area is 86.1 Å². The van der Waals surface area contributed by atoms with Crippen molar-refractivity contribution in [2.75, 3.05) is 13.6 Å². The highest BCUT2D eigenvalue weighted by atomic mass is 16.4. The van der Waals surface area contributed by atoms with E-state index in [1.54, 1.807) is 0 Å². The van der Waals surface area contributed by atoms with Crippen LogP contribution in [0.5, 0.6) is 0 Å². The van der Waals surface area contributed by atoms with Gasteiger partial charge in [0.15, 0.2) is 0 Å². The molecule has 0 saturated heterocycles. The molecule has 14 heavy (non-hydrogen) atoms. The molecule has 0 aromatic carbocycles. The fourth-order valence-electron chi connectivity index (χ4n) is 2.45. The first-order valence-electron chi connectivity index (χ1n) is 5.42. The highest BCUT2D eigenvalue weighted by molar-refractivity contribution is 5.69. The number of carbonyl (C=O) groups is 1. The second kappa shape index (κ2) is 4.78. The maximum Gasteiger partial charge on any atom is 0.317 e. The van der Waals surface area contributed by atoms with Crippen molar-refractivity contribution in [1.82, 2.24) is 4.90 Å². The molecular weight excluding hydrogens is 178 g/mol. The lowest BCUT2D eigenvalue weighted by Gasteiger charge is -2.38. The molecule has 1 aliphatic carbocycles. The van der Waals surface area contributed by atoms with Gasteiger partial charge in [0, 0.05) is 6.04 Å². The molecule has 3 atom stereocenters. The van der Waals surface area contributed by atoms with Gasteiger partial charge in [-0.05, 0) is 31.7 Å². The Bertz CT molecular complexity index is 205. The predicted molar refractivity (Wildman–Crippen MR) is 56.2 cm³/mol. The lowest BCUT2D eigenvalue weighted by Crippen LogP contribution is -2.43. The number of hydrogen-bond acceptors (Lipinski definition) is 2. The summed E-state index contributed by atoms with van der Waals surface area (Å²) in [5.74, 6) is 0.654. The van der Waals surface area contributed by atoms with Gasteiger partial charge in [0.2, 0.25) is 0 Å². The van der Waals surface area contributed by atoms with Crippen molar-refractivity contribution in [2.45, 2.75) is 39.2 Å². The minimum Gasteiger partial charge on any atom is -0.480 e. The molecule has 0 aromatic rings. The maximum absolute atomic E-state index is 10.6. The molecule has 0 heterocycles. The first-order chi connectivity index (χ1) is 6.50. The van der Waals surface area contributed by atoms with E-state index in [1.165, 1.54) is 12.8 Å². The van der Waals surface area contributed by atoms with Gasteiger partial charge in [-0.25, -0.2) is 0 Å². The minimum absolute atomic E-state index is 0.168. The number of likely N-dealkylation sites (N-methyl/N-ethyl adjacent to an activating group) is 1. The minimum atomic E-state index is -0.724. The molecule has 1 fully saturated rings. The Kier molecular flexibility index (Phi) is 3.93. The standard InChI is InChI=1S/C11H21NO2/c1-8-4-5-9(2)10(6-8)12(3)7-11(13)14/h8-10H,4-7H2,1-3H3,(H,13,14). The average molecular weight is 199 g/mol. The summed E-state index contributed by atoms with van der Waals surface area (Å²) in [6.45, 7) is 4.66. The molecule has 3 nitrogen and oxygen atoms in total. The number of nitrogens with zero attached hydrogens (tertiary/aromatic N) is 1. The summed E-state index contributed by atoms with van der Waals surface area (Å²) < 4.78 is 0. The largest absolute Gasteiger partial charge is 0.480 e. The van der Waals surface area contributed by atoms with Crippen molar-refractivity contribution in [3.8, 4) is 0 Å². The summed E-state index contributed by atoms with van der Waals surface area (Å²) in [5.41, 5.74) is 0. The van der Waals surface area contributed by atoms with E-state index < -0.39 is 5.97 Å². The van der Waals surface area contributed by atoms with Crippen LogP contribution in [0.25, 0.3) is 0 Å². The van der Waals surface area contributed by atoms with Crippen LogP contribution >= 0.6 is 0 Å². The Balaban J connectivity index is 2.51. The van der Waals surface area contributed by atoms with Crippen LogP contribution in [-0.4, -0.2) is 35.6 Å². The van der Waals surface area contributed by atoms with Crippen molar-refractivity contribution >= 4 is 5.97 Å². The first kappa shape index (κ1) is 11.5. The van der Waals surface area contributed by atoms with Gasteiger partial charge in [-0.1, -0.05) is 20.3 Å². The molecule has 0 amide bonds. The van der Waals surface area contributed by atoms with Gasteiger partial charge < -0.3 is 5.11 Å². The van der Waals surface area contributed by atoms with E-state index in [0.29, 0.717) is 12.0 Å². The molecule has 0 spiro atoms. The molecule has 3 heteroatoms. The van der Waals surface area contributed by atoms with E-state index >= 15 is 0 Å². The zero-order valence-electron chi connectivity index (χ0n) is 9.36. The van der Waals surface area contributed by atoms with Gasteiger partial charge in [0.05, 0.1) is 6.54 Å². The third-order valence-corrected chi connectivity index (χ3v) is 3.37. The molecule has 0 bridgehead atoms. The highest BCUT2D eigenvalue weighted by Gasteiger charge is 2.28. The smallest absolute Gasteiger partial charge is 0.317 e. The van der Waals surface area contributed by atoms with E-state index in [-0.39, 0.29) is 6.54 Å². The number of hydrogen-bond donors (Lipinski definition) is 1. The summed E-state index contributed by atoms with van der Waals surface area (Å²) in [6, 6.07) is 0.454. The number of aliphatic carboxylic acids is 1. The van der Waals surface area contributed by atoms with Gasteiger partial charge in [-0.3, -0.25) is 9.69 Å². The SMILES string of the molecule is CC1CCC(C)C(N(C)CC(=O)O)C1. The number of carboxylic acids is 1. The van der Waals surface area contributed by atoms with Crippen LogP contribution in [0.3, 0.4) is 0 Å². The summed E-state index contributed by atoms with van der Waals surface area (Å²) in [4.78, 5) is 12.6. The molecule has 1 rings (SSSR count). The summed E-state index contributed by atoms with van der Waals surface area (Å²) in [7, 11) is 1.92. The van der Waals surface area contributed by atoms with Gasteiger partial charge in [0.25, 0.3) is 0 Å². The fraction of sp³-hybridized carbons (Fsp3) is 0.909. The van der Waals surface area contributed by atoms with E-state index in [4.69, 9.17) is 5.11 Å².